The number of benzene rings is 2. The van der Waals surface area contributed by atoms with E-state index in [0.717, 1.165) is 11.1 Å². The van der Waals surface area contributed by atoms with Crippen molar-refractivity contribution in [1.82, 2.24) is 4.98 Å². The second-order valence-corrected chi connectivity index (χ2v) is 5.73. The minimum atomic E-state index is -1.05. The van der Waals surface area contributed by atoms with Crippen molar-refractivity contribution in [1.29, 1.82) is 0 Å². The summed E-state index contributed by atoms with van der Waals surface area (Å²) in [4.78, 5) is 14.6. The highest BCUT2D eigenvalue weighted by Crippen LogP contribution is 2.33. The molecule has 0 saturated heterocycles. The highest BCUT2D eigenvalue weighted by atomic mass is 16.5. The third-order valence-corrected chi connectivity index (χ3v) is 4.13. The summed E-state index contributed by atoms with van der Waals surface area (Å²) in [7, 11) is 3.12. The van der Waals surface area contributed by atoms with Crippen LogP contribution in [0.2, 0.25) is 0 Å². The van der Waals surface area contributed by atoms with Gasteiger partial charge in [0.1, 0.15) is 17.2 Å². The quantitative estimate of drug-likeness (QED) is 0.630. The number of aromatic nitrogens is 1. The fourth-order valence-corrected chi connectivity index (χ4v) is 2.80. The highest BCUT2D eigenvalue weighted by Gasteiger charge is 2.17. The van der Waals surface area contributed by atoms with Gasteiger partial charge in [0, 0.05) is 16.8 Å². The van der Waals surface area contributed by atoms with Gasteiger partial charge in [-0.1, -0.05) is 12.1 Å². The Bertz CT molecular complexity index is 906. The molecule has 134 valence electrons. The number of methoxy groups -OCH3 is 2. The average Bonchev–Trinajstić information content (AvgIpc) is 3.13. The average molecular weight is 353 g/mol. The van der Waals surface area contributed by atoms with E-state index in [-0.39, 0.29) is 12.3 Å². The number of aromatic carboxylic acids is 1. The summed E-state index contributed by atoms with van der Waals surface area (Å²) in [5.41, 5.74) is 3.47. The van der Waals surface area contributed by atoms with Gasteiger partial charge in [-0.05, 0) is 47.5 Å². The topological polar surface area (TPSA) is 91.8 Å². The molecule has 6 heteroatoms. The molecule has 3 aromatic rings. The monoisotopic (exact) mass is 353 g/mol. The zero-order valence-electron chi connectivity index (χ0n) is 14.4. The van der Waals surface area contributed by atoms with Crippen LogP contribution in [-0.4, -0.2) is 35.4 Å². The molecule has 3 N–H and O–H groups in total. The fraction of sp³-hybridized carbons (Fsp3) is 0.150. The van der Waals surface area contributed by atoms with Crippen LogP contribution >= 0.6 is 0 Å². The van der Waals surface area contributed by atoms with Crippen LogP contribution in [0, 0.1) is 0 Å². The number of nitrogens with one attached hydrogen (secondary N) is 1. The van der Waals surface area contributed by atoms with Gasteiger partial charge >= 0.3 is 5.97 Å². The Kier molecular flexibility index (Phi) is 4.95. The van der Waals surface area contributed by atoms with Crippen molar-refractivity contribution in [3.05, 3.63) is 59.8 Å². The number of H-pyrrole nitrogens is 1. The van der Waals surface area contributed by atoms with Gasteiger partial charge in [-0.2, -0.15) is 0 Å². The predicted octanol–water partition coefficient (Wildman–Crippen LogP) is 3.56. The van der Waals surface area contributed by atoms with E-state index in [1.165, 1.54) is 0 Å². The molecule has 2 aromatic carbocycles. The van der Waals surface area contributed by atoms with Crippen molar-refractivity contribution in [2.45, 2.75) is 6.61 Å². The maximum atomic E-state index is 11.7. The van der Waals surface area contributed by atoms with Crippen LogP contribution in [0.15, 0.2) is 48.5 Å². The largest absolute Gasteiger partial charge is 0.497 e. The van der Waals surface area contributed by atoms with Crippen LogP contribution in [0.3, 0.4) is 0 Å². The number of carboxylic acid groups (broad SMARTS) is 1. The summed E-state index contributed by atoms with van der Waals surface area (Å²) in [6, 6.07) is 14.3. The summed E-state index contributed by atoms with van der Waals surface area (Å²) < 4.78 is 10.4. The Morgan fingerprint density at radius 2 is 1.65 bits per heavy atom. The van der Waals surface area contributed by atoms with Gasteiger partial charge in [0.05, 0.1) is 20.8 Å². The van der Waals surface area contributed by atoms with E-state index in [9.17, 15) is 15.0 Å². The van der Waals surface area contributed by atoms with E-state index in [2.05, 4.69) is 4.98 Å². The van der Waals surface area contributed by atoms with Gasteiger partial charge in [-0.25, -0.2) is 4.79 Å². The third-order valence-electron chi connectivity index (χ3n) is 4.13. The van der Waals surface area contributed by atoms with Crippen molar-refractivity contribution < 1.29 is 24.5 Å². The molecule has 0 radical (unpaired) electrons. The van der Waals surface area contributed by atoms with E-state index in [0.29, 0.717) is 28.3 Å². The molecule has 0 atom stereocenters. The van der Waals surface area contributed by atoms with Crippen LogP contribution in [-0.2, 0) is 6.61 Å². The second kappa shape index (κ2) is 7.33. The second-order valence-electron chi connectivity index (χ2n) is 5.73. The molecule has 0 aliphatic rings. The van der Waals surface area contributed by atoms with Crippen LogP contribution in [0.4, 0.5) is 0 Å². The molecule has 0 fully saturated rings. The molecule has 6 nitrogen and oxygen atoms in total. The van der Waals surface area contributed by atoms with E-state index in [1.54, 1.807) is 50.6 Å². The molecule has 26 heavy (non-hydrogen) atoms. The molecule has 1 aromatic heterocycles. The first-order chi connectivity index (χ1) is 12.5. The predicted molar refractivity (Wildman–Crippen MR) is 97.7 cm³/mol. The molecule has 3 rings (SSSR count). The third kappa shape index (κ3) is 3.41. The van der Waals surface area contributed by atoms with Crippen molar-refractivity contribution in [2.75, 3.05) is 14.2 Å². The summed E-state index contributed by atoms with van der Waals surface area (Å²) in [5, 5.41) is 19.0. The smallest absolute Gasteiger partial charge is 0.352 e. The van der Waals surface area contributed by atoms with Gasteiger partial charge in [0.15, 0.2) is 0 Å². The lowest BCUT2D eigenvalue weighted by atomic mass is 10.0. The summed E-state index contributed by atoms with van der Waals surface area (Å²) in [6.07, 6.45) is 0. The first-order valence-corrected chi connectivity index (χ1v) is 7.95. The number of aliphatic hydroxyl groups is 1. The molecular weight excluding hydrogens is 334 g/mol. The SMILES string of the molecule is COc1ccc(-c2cc(-c3cc(CO)cc(OC)c3)[nH]c2C(=O)O)cc1. The van der Waals surface area contributed by atoms with Gasteiger partial charge in [-0.3, -0.25) is 0 Å². The summed E-state index contributed by atoms with van der Waals surface area (Å²) in [6.45, 7) is -0.137. The van der Waals surface area contributed by atoms with Gasteiger partial charge in [-0.15, -0.1) is 0 Å². The van der Waals surface area contributed by atoms with Crippen LogP contribution in [0.1, 0.15) is 16.1 Å². The van der Waals surface area contributed by atoms with E-state index < -0.39 is 5.97 Å². The molecule has 0 spiro atoms. The Labute approximate surface area is 150 Å². The molecular formula is C20H19NO5. The lowest BCUT2D eigenvalue weighted by Crippen LogP contribution is -1.99. The molecule has 0 saturated carbocycles. The molecule has 0 aliphatic heterocycles. The molecule has 0 amide bonds. The van der Waals surface area contributed by atoms with Crippen LogP contribution in [0.25, 0.3) is 22.4 Å². The van der Waals surface area contributed by atoms with Gasteiger partial charge < -0.3 is 24.7 Å². The van der Waals surface area contributed by atoms with Crippen LogP contribution < -0.4 is 9.47 Å². The minimum absolute atomic E-state index is 0.0959. The number of aliphatic hydroxyl groups excluding tert-OH is 1. The Balaban J connectivity index is 2.11. The zero-order chi connectivity index (χ0) is 18.7. The first-order valence-electron chi connectivity index (χ1n) is 7.95. The number of ether oxygens (including phenoxy) is 2. The van der Waals surface area contributed by atoms with E-state index in [4.69, 9.17) is 9.47 Å². The van der Waals surface area contributed by atoms with Gasteiger partial charge in [0.2, 0.25) is 0 Å². The van der Waals surface area contributed by atoms with Crippen molar-refractivity contribution in [3.63, 3.8) is 0 Å². The number of hydrogen-bond donors (Lipinski definition) is 3. The summed E-state index contributed by atoms with van der Waals surface area (Å²) >= 11 is 0. The highest BCUT2D eigenvalue weighted by molar-refractivity contribution is 5.96. The number of hydrogen-bond acceptors (Lipinski definition) is 4. The van der Waals surface area contributed by atoms with Crippen molar-refractivity contribution in [3.8, 4) is 33.9 Å². The standard InChI is InChI=1S/C20H19NO5/c1-25-15-5-3-13(4-6-15)17-10-18(21-19(17)20(23)24)14-7-12(11-22)8-16(9-14)26-2/h3-10,21-22H,11H2,1-2H3,(H,23,24). The Morgan fingerprint density at radius 3 is 2.23 bits per heavy atom. The Morgan fingerprint density at radius 1 is 0.962 bits per heavy atom. The maximum absolute atomic E-state index is 11.7. The Hall–Kier alpha value is -3.25. The molecule has 0 aliphatic carbocycles. The van der Waals surface area contributed by atoms with Crippen molar-refractivity contribution in [2.24, 2.45) is 0 Å². The maximum Gasteiger partial charge on any atom is 0.352 e. The fourth-order valence-electron chi connectivity index (χ4n) is 2.80. The lowest BCUT2D eigenvalue weighted by Gasteiger charge is -2.06. The number of aromatic amines is 1. The van der Waals surface area contributed by atoms with E-state index in [1.807, 2.05) is 12.1 Å². The number of rotatable bonds is 6. The van der Waals surface area contributed by atoms with Crippen LogP contribution in [0.5, 0.6) is 11.5 Å². The molecule has 0 unspecified atom stereocenters. The van der Waals surface area contributed by atoms with E-state index >= 15 is 0 Å². The lowest BCUT2D eigenvalue weighted by molar-refractivity contribution is 0.0692. The van der Waals surface area contributed by atoms with Gasteiger partial charge in [0.25, 0.3) is 0 Å². The molecule has 0 bridgehead atoms. The summed E-state index contributed by atoms with van der Waals surface area (Å²) in [5.74, 6) is 0.234. The van der Waals surface area contributed by atoms with Crippen molar-refractivity contribution >= 4 is 5.97 Å². The normalized spacial score (nSPS) is 10.6. The number of carboxylic acids is 1. The first kappa shape index (κ1) is 17.6. The molecule has 1 heterocycles. The minimum Gasteiger partial charge on any atom is -0.497 e. The zero-order valence-corrected chi connectivity index (χ0v) is 14.4. The number of carbonyl (C=O) groups is 1.